The molecule has 3 N–H and O–H groups in total. The summed E-state index contributed by atoms with van der Waals surface area (Å²) in [4.78, 5) is 21.3. The zero-order chi connectivity index (χ0) is 11.1. The quantitative estimate of drug-likeness (QED) is 0.406. The second-order valence-electron chi connectivity index (χ2n) is 3.54. The van der Waals surface area contributed by atoms with Crippen LogP contribution in [0.3, 0.4) is 0 Å². The average Bonchev–Trinajstić information content (AvgIpc) is 2.94. The van der Waals surface area contributed by atoms with Gasteiger partial charge in [0.25, 0.3) is 0 Å². The topological polar surface area (TPSA) is 78.4 Å². The van der Waals surface area contributed by atoms with Crippen molar-refractivity contribution in [2.24, 2.45) is 0 Å². The Morgan fingerprint density at radius 1 is 1.40 bits per heavy atom. The summed E-state index contributed by atoms with van der Waals surface area (Å²) < 4.78 is 0. The predicted octanol–water partition coefficient (Wildman–Crippen LogP) is -0.114. The van der Waals surface area contributed by atoms with E-state index in [1.165, 1.54) is 6.08 Å². The fraction of sp³-hybridized carbons (Fsp3) is 0.600. The highest BCUT2D eigenvalue weighted by Crippen LogP contribution is 2.18. The highest BCUT2D eigenvalue weighted by molar-refractivity contribution is 5.79. The molecular formula is C10H16N2O3. The molecule has 5 nitrogen and oxygen atoms in total. The van der Waals surface area contributed by atoms with Gasteiger partial charge in [0.1, 0.15) is 0 Å². The van der Waals surface area contributed by atoms with Gasteiger partial charge in [-0.05, 0) is 12.8 Å². The van der Waals surface area contributed by atoms with Crippen LogP contribution in [0, 0.1) is 0 Å². The van der Waals surface area contributed by atoms with E-state index in [2.05, 4.69) is 10.6 Å². The Morgan fingerprint density at radius 3 is 2.73 bits per heavy atom. The van der Waals surface area contributed by atoms with Crippen LogP contribution in [0.5, 0.6) is 0 Å². The lowest BCUT2D eigenvalue weighted by Gasteiger charge is -2.02. The molecule has 1 aliphatic rings. The van der Waals surface area contributed by atoms with Gasteiger partial charge in [-0.3, -0.25) is 4.79 Å². The number of carboxylic acids is 1. The Hall–Kier alpha value is -1.36. The summed E-state index contributed by atoms with van der Waals surface area (Å²) >= 11 is 0. The van der Waals surface area contributed by atoms with E-state index >= 15 is 0 Å². The third kappa shape index (κ3) is 6.68. The fourth-order valence-electron chi connectivity index (χ4n) is 1.07. The standard InChI is InChI=1S/C10H16N2O3/c13-9(12-8-3-4-8)5-7-11-6-1-2-10(14)15/h1-2,8,11H,3-7H2,(H,12,13)(H,14,15)/b2-1+. The summed E-state index contributed by atoms with van der Waals surface area (Å²) in [6.07, 6.45) is 5.23. The van der Waals surface area contributed by atoms with Crippen LogP contribution in [-0.4, -0.2) is 36.1 Å². The maximum Gasteiger partial charge on any atom is 0.328 e. The van der Waals surface area contributed by atoms with E-state index in [1.54, 1.807) is 0 Å². The van der Waals surface area contributed by atoms with Gasteiger partial charge < -0.3 is 15.7 Å². The molecule has 0 heterocycles. The highest BCUT2D eigenvalue weighted by Gasteiger charge is 2.22. The number of hydrogen-bond donors (Lipinski definition) is 3. The Labute approximate surface area is 88.5 Å². The maximum absolute atomic E-state index is 11.2. The van der Waals surface area contributed by atoms with Gasteiger partial charge in [-0.15, -0.1) is 0 Å². The van der Waals surface area contributed by atoms with E-state index in [4.69, 9.17) is 5.11 Å². The molecule has 0 bridgehead atoms. The molecule has 1 aliphatic carbocycles. The van der Waals surface area contributed by atoms with E-state index in [0.717, 1.165) is 18.9 Å². The molecule has 0 radical (unpaired) electrons. The largest absolute Gasteiger partial charge is 0.478 e. The van der Waals surface area contributed by atoms with Gasteiger partial charge in [-0.2, -0.15) is 0 Å². The second kappa shape index (κ2) is 6.19. The molecule has 0 saturated heterocycles. The van der Waals surface area contributed by atoms with Crippen molar-refractivity contribution in [3.63, 3.8) is 0 Å². The Morgan fingerprint density at radius 2 is 2.13 bits per heavy atom. The van der Waals surface area contributed by atoms with Crippen molar-refractivity contribution in [2.45, 2.75) is 25.3 Å². The monoisotopic (exact) mass is 212 g/mol. The zero-order valence-electron chi connectivity index (χ0n) is 8.53. The van der Waals surface area contributed by atoms with Crippen LogP contribution in [-0.2, 0) is 9.59 Å². The minimum absolute atomic E-state index is 0.0622. The summed E-state index contributed by atoms with van der Waals surface area (Å²) in [5.74, 6) is -0.893. The second-order valence-corrected chi connectivity index (χ2v) is 3.54. The molecule has 0 unspecified atom stereocenters. The van der Waals surface area contributed by atoms with Crippen molar-refractivity contribution in [1.29, 1.82) is 0 Å². The third-order valence-electron chi connectivity index (χ3n) is 1.99. The number of aliphatic carboxylic acids is 1. The van der Waals surface area contributed by atoms with Gasteiger partial charge in [-0.1, -0.05) is 6.08 Å². The summed E-state index contributed by atoms with van der Waals surface area (Å²) in [5.41, 5.74) is 0. The van der Waals surface area contributed by atoms with E-state index in [1.807, 2.05) is 0 Å². The number of nitrogens with one attached hydrogen (secondary N) is 2. The predicted molar refractivity (Wildman–Crippen MR) is 55.4 cm³/mol. The van der Waals surface area contributed by atoms with Crippen LogP contribution in [0.4, 0.5) is 0 Å². The lowest BCUT2D eigenvalue weighted by Crippen LogP contribution is -2.29. The first-order valence-corrected chi connectivity index (χ1v) is 5.08. The van der Waals surface area contributed by atoms with E-state index in [-0.39, 0.29) is 5.91 Å². The molecule has 1 fully saturated rings. The number of carbonyl (C=O) groups is 2. The van der Waals surface area contributed by atoms with Crippen molar-refractivity contribution in [3.8, 4) is 0 Å². The van der Waals surface area contributed by atoms with Crippen molar-refractivity contribution in [2.75, 3.05) is 13.1 Å². The van der Waals surface area contributed by atoms with Gasteiger partial charge in [0.2, 0.25) is 5.91 Å². The SMILES string of the molecule is O=C(O)/C=C/CNCCC(=O)NC1CC1. The Bertz CT molecular complexity index is 259. The first kappa shape index (κ1) is 11.7. The molecule has 0 aromatic rings. The van der Waals surface area contributed by atoms with Gasteiger partial charge in [-0.25, -0.2) is 4.79 Å². The minimum Gasteiger partial charge on any atom is -0.478 e. The van der Waals surface area contributed by atoms with Gasteiger partial charge in [0.05, 0.1) is 0 Å². The zero-order valence-corrected chi connectivity index (χ0v) is 8.53. The van der Waals surface area contributed by atoms with E-state index < -0.39 is 5.97 Å². The molecule has 0 spiro atoms. The van der Waals surface area contributed by atoms with Crippen LogP contribution >= 0.6 is 0 Å². The number of carboxylic acid groups (broad SMARTS) is 1. The van der Waals surface area contributed by atoms with Crippen LogP contribution in [0.1, 0.15) is 19.3 Å². The smallest absolute Gasteiger partial charge is 0.328 e. The molecule has 1 saturated carbocycles. The number of carbonyl (C=O) groups excluding carboxylic acids is 1. The van der Waals surface area contributed by atoms with Crippen molar-refractivity contribution < 1.29 is 14.7 Å². The molecule has 1 amide bonds. The maximum atomic E-state index is 11.2. The minimum atomic E-state index is -0.955. The first-order valence-electron chi connectivity index (χ1n) is 5.08. The molecule has 0 atom stereocenters. The molecule has 5 heteroatoms. The van der Waals surface area contributed by atoms with Crippen LogP contribution in [0.25, 0.3) is 0 Å². The third-order valence-corrected chi connectivity index (χ3v) is 1.99. The molecule has 0 aromatic heterocycles. The normalized spacial score (nSPS) is 15.5. The molecule has 15 heavy (non-hydrogen) atoms. The van der Waals surface area contributed by atoms with E-state index in [0.29, 0.717) is 25.6 Å². The summed E-state index contributed by atoms with van der Waals surface area (Å²) in [6, 6.07) is 0.407. The molecule has 1 rings (SSSR count). The molecule has 84 valence electrons. The number of rotatable bonds is 7. The van der Waals surface area contributed by atoms with Crippen LogP contribution in [0.15, 0.2) is 12.2 Å². The van der Waals surface area contributed by atoms with Gasteiger partial charge in [0.15, 0.2) is 0 Å². The molecule has 0 aliphatic heterocycles. The van der Waals surface area contributed by atoms with Crippen molar-refractivity contribution in [1.82, 2.24) is 10.6 Å². The molecular weight excluding hydrogens is 196 g/mol. The summed E-state index contributed by atoms with van der Waals surface area (Å²) in [5, 5.41) is 14.1. The van der Waals surface area contributed by atoms with Crippen molar-refractivity contribution in [3.05, 3.63) is 12.2 Å². The number of amides is 1. The molecule has 0 aromatic carbocycles. The van der Waals surface area contributed by atoms with Gasteiger partial charge >= 0.3 is 5.97 Å². The highest BCUT2D eigenvalue weighted by atomic mass is 16.4. The fourth-order valence-corrected chi connectivity index (χ4v) is 1.07. The van der Waals surface area contributed by atoms with Crippen LogP contribution < -0.4 is 10.6 Å². The number of hydrogen-bond acceptors (Lipinski definition) is 3. The van der Waals surface area contributed by atoms with E-state index in [9.17, 15) is 9.59 Å². The first-order chi connectivity index (χ1) is 7.18. The lowest BCUT2D eigenvalue weighted by atomic mass is 10.4. The Balaban J connectivity index is 1.91. The summed E-state index contributed by atoms with van der Waals surface area (Å²) in [6.45, 7) is 1.05. The Kier molecular flexibility index (Phi) is 4.83. The lowest BCUT2D eigenvalue weighted by molar-refractivity contribution is -0.131. The average molecular weight is 212 g/mol. The van der Waals surface area contributed by atoms with Crippen LogP contribution in [0.2, 0.25) is 0 Å². The van der Waals surface area contributed by atoms with Gasteiger partial charge in [0, 0.05) is 31.6 Å². The summed E-state index contributed by atoms with van der Waals surface area (Å²) in [7, 11) is 0. The van der Waals surface area contributed by atoms with Crippen molar-refractivity contribution >= 4 is 11.9 Å².